The maximum Gasteiger partial charge on any atom is 0.212 e. The van der Waals surface area contributed by atoms with Crippen molar-refractivity contribution in [3.05, 3.63) is 0 Å². The minimum atomic E-state index is -0.892. The van der Waals surface area contributed by atoms with E-state index in [4.69, 9.17) is 46.4 Å². The number of halogens is 4. The molecule has 1 heterocycles. The summed E-state index contributed by atoms with van der Waals surface area (Å²) in [5.74, 6) is 0. The first kappa shape index (κ1) is 12.2. The van der Waals surface area contributed by atoms with Crippen LogP contribution in [0.5, 0.6) is 0 Å². The lowest BCUT2D eigenvalue weighted by Gasteiger charge is -2.44. The quantitative estimate of drug-likeness (QED) is 0.433. The zero-order valence-corrected chi connectivity index (χ0v) is 9.71. The highest BCUT2D eigenvalue weighted by Gasteiger charge is 2.44. The van der Waals surface area contributed by atoms with Gasteiger partial charge in [-0.15, -0.1) is 0 Å². The highest BCUT2D eigenvalue weighted by molar-refractivity contribution is 6.34. The summed E-state index contributed by atoms with van der Waals surface area (Å²) < 4.78 is 0. The van der Waals surface area contributed by atoms with E-state index in [1.165, 1.54) is 0 Å². The van der Waals surface area contributed by atoms with E-state index in [9.17, 15) is 9.59 Å². The molecule has 4 nitrogen and oxygen atoms in total. The molecule has 8 heteroatoms. The summed E-state index contributed by atoms with van der Waals surface area (Å²) in [6.07, 6.45) is 0.893. The molecule has 0 spiro atoms. The molecule has 0 aromatic rings. The first-order chi connectivity index (χ1) is 6.54. The van der Waals surface area contributed by atoms with Crippen LogP contribution in [0.1, 0.15) is 0 Å². The van der Waals surface area contributed by atoms with Crippen LogP contribution in [0.25, 0.3) is 0 Å². The van der Waals surface area contributed by atoms with Gasteiger partial charge >= 0.3 is 0 Å². The second kappa shape index (κ2) is 4.75. The van der Waals surface area contributed by atoms with Crippen molar-refractivity contribution in [3.8, 4) is 0 Å². The number of amides is 2. The zero-order chi connectivity index (χ0) is 10.9. The lowest BCUT2D eigenvalue weighted by molar-refractivity contribution is -0.130. The molecule has 14 heavy (non-hydrogen) atoms. The number of nitrogens with zero attached hydrogens (tertiary/aromatic N) is 2. The summed E-state index contributed by atoms with van der Waals surface area (Å²) in [5, 5.41) is 0. The predicted molar refractivity (Wildman–Crippen MR) is 54.4 cm³/mol. The Morgan fingerprint density at radius 3 is 1.07 bits per heavy atom. The standard InChI is InChI=1S/C6H6Cl4N2O2/c7-3-5(9)12(2-14)6(10)4(8)11(3)1-13/h1-6H. The molecule has 0 aromatic heterocycles. The normalized spacial score (nSPS) is 38.3. The van der Waals surface area contributed by atoms with Gasteiger partial charge in [0, 0.05) is 0 Å². The maximum absolute atomic E-state index is 10.6. The van der Waals surface area contributed by atoms with Crippen molar-refractivity contribution in [2.75, 3.05) is 0 Å². The van der Waals surface area contributed by atoms with Gasteiger partial charge in [-0.25, -0.2) is 0 Å². The van der Waals surface area contributed by atoms with Crippen molar-refractivity contribution in [1.29, 1.82) is 0 Å². The van der Waals surface area contributed by atoms with Crippen LogP contribution in [0, 0.1) is 0 Å². The van der Waals surface area contributed by atoms with Crippen LogP contribution in [-0.2, 0) is 9.59 Å². The van der Waals surface area contributed by atoms with Crippen molar-refractivity contribution < 1.29 is 9.59 Å². The Labute approximate surface area is 101 Å². The first-order valence-electron chi connectivity index (χ1n) is 3.56. The maximum atomic E-state index is 10.6. The number of carbonyl (C=O) groups excluding carboxylic acids is 2. The summed E-state index contributed by atoms with van der Waals surface area (Å²) >= 11 is 23.1. The van der Waals surface area contributed by atoms with Gasteiger partial charge in [-0.05, 0) is 0 Å². The monoisotopic (exact) mass is 278 g/mol. The molecule has 1 aliphatic rings. The Morgan fingerprint density at radius 2 is 0.929 bits per heavy atom. The van der Waals surface area contributed by atoms with E-state index < -0.39 is 22.0 Å². The molecule has 0 aromatic carbocycles. The molecule has 2 amide bonds. The van der Waals surface area contributed by atoms with Gasteiger partial charge in [-0.2, -0.15) is 0 Å². The van der Waals surface area contributed by atoms with E-state index in [1.54, 1.807) is 0 Å². The van der Waals surface area contributed by atoms with Crippen molar-refractivity contribution in [2.24, 2.45) is 0 Å². The Kier molecular flexibility index (Phi) is 4.13. The third-order valence-corrected chi connectivity index (χ3v) is 3.95. The van der Waals surface area contributed by atoms with Crippen LogP contribution in [0.4, 0.5) is 0 Å². The van der Waals surface area contributed by atoms with Gasteiger partial charge in [-0.3, -0.25) is 9.59 Å². The molecular formula is C6H6Cl4N2O2. The SMILES string of the molecule is O=CN1C(Cl)C(Cl)N(C=O)C(Cl)C1Cl. The Hall–Kier alpha value is 0.1000. The van der Waals surface area contributed by atoms with Gasteiger partial charge in [-0.1, -0.05) is 46.4 Å². The van der Waals surface area contributed by atoms with Gasteiger partial charge in [0.05, 0.1) is 0 Å². The Morgan fingerprint density at radius 1 is 0.714 bits per heavy atom. The fourth-order valence-corrected chi connectivity index (χ4v) is 2.38. The van der Waals surface area contributed by atoms with Crippen molar-refractivity contribution >= 4 is 59.2 Å². The van der Waals surface area contributed by atoms with E-state index in [-0.39, 0.29) is 0 Å². The van der Waals surface area contributed by atoms with Gasteiger partial charge < -0.3 is 9.80 Å². The van der Waals surface area contributed by atoms with E-state index in [0.717, 1.165) is 9.80 Å². The second-order valence-electron chi connectivity index (χ2n) is 2.60. The lowest BCUT2D eigenvalue weighted by atomic mass is 10.3. The van der Waals surface area contributed by atoms with E-state index in [0.29, 0.717) is 12.8 Å². The molecule has 1 aliphatic heterocycles. The Bertz CT molecular complexity index is 202. The van der Waals surface area contributed by atoms with Gasteiger partial charge in [0.1, 0.15) is 22.0 Å². The topological polar surface area (TPSA) is 40.6 Å². The van der Waals surface area contributed by atoms with Crippen molar-refractivity contribution in [1.82, 2.24) is 9.80 Å². The summed E-state index contributed by atoms with van der Waals surface area (Å²) in [4.78, 5) is 23.3. The van der Waals surface area contributed by atoms with Crippen LogP contribution >= 0.6 is 46.4 Å². The molecule has 4 atom stereocenters. The van der Waals surface area contributed by atoms with Crippen LogP contribution in [-0.4, -0.2) is 44.6 Å². The average molecular weight is 280 g/mol. The second-order valence-corrected chi connectivity index (χ2v) is 4.38. The molecule has 1 saturated heterocycles. The summed E-state index contributed by atoms with van der Waals surface area (Å²) in [7, 11) is 0. The lowest BCUT2D eigenvalue weighted by Crippen LogP contribution is -2.61. The van der Waals surface area contributed by atoms with Crippen molar-refractivity contribution in [3.63, 3.8) is 0 Å². The van der Waals surface area contributed by atoms with Gasteiger partial charge in [0.25, 0.3) is 0 Å². The van der Waals surface area contributed by atoms with Crippen molar-refractivity contribution in [2.45, 2.75) is 22.0 Å². The number of rotatable bonds is 2. The zero-order valence-electron chi connectivity index (χ0n) is 6.69. The highest BCUT2D eigenvalue weighted by atomic mass is 35.5. The number of hydrogen-bond acceptors (Lipinski definition) is 2. The molecule has 0 saturated carbocycles. The number of hydrogen-bond donors (Lipinski definition) is 0. The van der Waals surface area contributed by atoms with Crippen LogP contribution in [0.3, 0.4) is 0 Å². The molecular weight excluding hydrogens is 274 g/mol. The fraction of sp³-hybridized carbons (Fsp3) is 0.667. The summed E-state index contributed by atoms with van der Waals surface area (Å²) in [6, 6.07) is 0. The first-order valence-corrected chi connectivity index (χ1v) is 5.31. The molecule has 0 aliphatic carbocycles. The third-order valence-electron chi connectivity index (χ3n) is 1.84. The largest absolute Gasteiger partial charge is 0.306 e. The fourth-order valence-electron chi connectivity index (χ4n) is 1.07. The summed E-state index contributed by atoms with van der Waals surface area (Å²) in [5.41, 5.74) is -3.57. The van der Waals surface area contributed by atoms with Crippen LogP contribution < -0.4 is 0 Å². The van der Waals surface area contributed by atoms with Crippen LogP contribution in [0.2, 0.25) is 0 Å². The average Bonchev–Trinajstić information content (AvgIpc) is 2.17. The van der Waals surface area contributed by atoms with Gasteiger partial charge in [0.15, 0.2) is 0 Å². The minimum Gasteiger partial charge on any atom is -0.306 e. The molecule has 1 fully saturated rings. The Balaban J connectivity index is 2.92. The third kappa shape index (κ3) is 1.89. The van der Waals surface area contributed by atoms with Gasteiger partial charge in [0.2, 0.25) is 12.8 Å². The smallest absolute Gasteiger partial charge is 0.212 e. The molecule has 80 valence electrons. The minimum absolute atomic E-state index is 0.447. The number of carbonyl (C=O) groups is 2. The predicted octanol–water partition coefficient (Wildman–Crippen LogP) is 1.18. The van der Waals surface area contributed by atoms with E-state index in [1.807, 2.05) is 0 Å². The molecule has 0 radical (unpaired) electrons. The van der Waals surface area contributed by atoms with E-state index >= 15 is 0 Å². The molecule has 0 N–H and O–H groups in total. The molecule has 1 rings (SSSR count). The molecule has 0 bridgehead atoms. The summed E-state index contributed by atoms with van der Waals surface area (Å²) in [6.45, 7) is 0. The van der Waals surface area contributed by atoms with E-state index in [2.05, 4.69) is 0 Å². The van der Waals surface area contributed by atoms with Crippen LogP contribution in [0.15, 0.2) is 0 Å². The highest BCUT2D eigenvalue weighted by Crippen LogP contribution is 2.32. The molecule has 4 unspecified atom stereocenters. The number of piperazine rings is 1. The number of alkyl halides is 4.